The van der Waals surface area contributed by atoms with E-state index in [1.165, 1.54) is 0 Å². The molecular formula is C20H28N6O. The maximum Gasteiger partial charge on any atom is 0.225 e. The first-order valence-electron chi connectivity index (χ1n) is 9.57. The standard InChI is InChI=1S/C20H28N6O/c1-3-21-19(24-16-17-7-5-8-18(15-17)27-4-2)25-11-13-26(14-12-25)20-22-9-6-10-23-20/h5-10,15H,3-4,11-14,16H2,1-2H3,(H,21,24). The first-order chi connectivity index (χ1) is 13.3. The molecule has 0 atom stereocenters. The highest BCUT2D eigenvalue weighted by atomic mass is 16.5. The lowest BCUT2D eigenvalue weighted by Gasteiger charge is -2.36. The summed E-state index contributed by atoms with van der Waals surface area (Å²) in [4.78, 5) is 18.0. The number of rotatable bonds is 6. The number of hydrogen-bond donors (Lipinski definition) is 1. The van der Waals surface area contributed by atoms with E-state index in [4.69, 9.17) is 9.73 Å². The van der Waals surface area contributed by atoms with E-state index in [0.717, 1.165) is 55.9 Å². The molecule has 0 amide bonds. The van der Waals surface area contributed by atoms with Crippen molar-refractivity contribution in [2.24, 2.45) is 4.99 Å². The van der Waals surface area contributed by atoms with E-state index in [1.54, 1.807) is 12.4 Å². The van der Waals surface area contributed by atoms with Crippen LogP contribution < -0.4 is 15.0 Å². The molecule has 7 heteroatoms. The minimum atomic E-state index is 0.630. The van der Waals surface area contributed by atoms with Gasteiger partial charge in [-0.25, -0.2) is 15.0 Å². The van der Waals surface area contributed by atoms with Crippen LogP contribution >= 0.6 is 0 Å². The van der Waals surface area contributed by atoms with Gasteiger partial charge in [0.2, 0.25) is 5.95 Å². The average molecular weight is 368 g/mol. The number of nitrogens with zero attached hydrogens (tertiary/aromatic N) is 5. The number of aromatic nitrogens is 2. The average Bonchev–Trinajstić information content (AvgIpc) is 2.72. The molecule has 1 aliphatic heterocycles. The van der Waals surface area contributed by atoms with Crippen LogP contribution in [0.1, 0.15) is 19.4 Å². The fourth-order valence-electron chi connectivity index (χ4n) is 3.07. The van der Waals surface area contributed by atoms with Crippen molar-refractivity contribution in [3.63, 3.8) is 0 Å². The molecule has 0 unspecified atom stereocenters. The third-order valence-electron chi connectivity index (χ3n) is 4.37. The number of piperazine rings is 1. The summed E-state index contributed by atoms with van der Waals surface area (Å²) in [6.07, 6.45) is 3.58. The van der Waals surface area contributed by atoms with Crippen molar-refractivity contribution in [2.45, 2.75) is 20.4 Å². The highest BCUT2D eigenvalue weighted by Gasteiger charge is 2.21. The molecule has 2 heterocycles. The van der Waals surface area contributed by atoms with Crippen molar-refractivity contribution in [2.75, 3.05) is 44.2 Å². The van der Waals surface area contributed by atoms with Crippen molar-refractivity contribution in [3.8, 4) is 5.75 Å². The first kappa shape index (κ1) is 18.9. The Morgan fingerprint density at radius 3 is 2.59 bits per heavy atom. The maximum atomic E-state index is 5.58. The van der Waals surface area contributed by atoms with Crippen LogP contribution in [0.25, 0.3) is 0 Å². The quantitative estimate of drug-likeness (QED) is 0.623. The summed E-state index contributed by atoms with van der Waals surface area (Å²) in [7, 11) is 0. The lowest BCUT2D eigenvalue weighted by atomic mass is 10.2. The Hall–Kier alpha value is -2.83. The Kier molecular flexibility index (Phi) is 6.84. The Bertz CT molecular complexity index is 728. The zero-order chi connectivity index (χ0) is 18.9. The molecule has 0 aliphatic carbocycles. The van der Waals surface area contributed by atoms with Crippen molar-refractivity contribution < 1.29 is 4.74 Å². The molecule has 0 bridgehead atoms. The molecule has 2 aromatic rings. The fraction of sp³-hybridized carbons (Fsp3) is 0.450. The maximum absolute atomic E-state index is 5.58. The fourth-order valence-corrected chi connectivity index (χ4v) is 3.07. The Labute approximate surface area is 161 Å². The molecule has 1 saturated heterocycles. The lowest BCUT2D eigenvalue weighted by molar-refractivity contribution is 0.340. The third kappa shape index (κ3) is 5.32. The molecule has 1 fully saturated rings. The number of nitrogens with one attached hydrogen (secondary N) is 1. The first-order valence-corrected chi connectivity index (χ1v) is 9.57. The molecule has 7 nitrogen and oxygen atoms in total. The zero-order valence-corrected chi connectivity index (χ0v) is 16.1. The summed E-state index contributed by atoms with van der Waals surface area (Å²) >= 11 is 0. The van der Waals surface area contributed by atoms with Crippen LogP contribution in [0.2, 0.25) is 0 Å². The summed E-state index contributed by atoms with van der Waals surface area (Å²) in [5, 5.41) is 3.41. The van der Waals surface area contributed by atoms with Crippen molar-refractivity contribution in [3.05, 3.63) is 48.3 Å². The van der Waals surface area contributed by atoms with E-state index in [1.807, 2.05) is 25.1 Å². The highest BCUT2D eigenvalue weighted by Crippen LogP contribution is 2.15. The molecule has 1 N–H and O–H groups in total. The highest BCUT2D eigenvalue weighted by molar-refractivity contribution is 5.80. The normalized spacial score (nSPS) is 15.0. The topological polar surface area (TPSA) is 65.9 Å². The van der Waals surface area contributed by atoms with Crippen LogP contribution in [0, 0.1) is 0 Å². The number of aliphatic imine (C=N–C) groups is 1. The van der Waals surface area contributed by atoms with Gasteiger partial charge in [0.15, 0.2) is 5.96 Å². The lowest BCUT2D eigenvalue weighted by Crippen LogP contribution is -2.52. The molecule has 3 rings (SSSR count). The number of anilines is 1. The molecule has 1 aliphatic rings. The van der Waals surface area contributed by atoms with Gasteiger partial charge in [-0.2, -0.15) is 0 Å². The molecule has 1 aromatic carbocycles. The second-order valence-electron chi connectivity index (χ2n) is 6.27. The van der Waals surface area contributed by atoms with Gasteiger partial charge in [0.25, 0.3) is 0 Å². The van der Waals surface area contributed by atoms with Gasteiger partial charge in [-0.15, -0.1) is 0 Å². The van der Waals surface area contributed by atoms with Crippen LogP contribution in [-0.2, 0) is 6.54 Å². The smallest absolute Gasteiger partial charge is 0.225 e. The number of hydrogen-bond acceptors (Lipinski definition) is 5. The minimum absolute atomic E-state index is 0.630. The summed E-state index contributed by atoms with van der Waals surface area (Å²) in [6.45, 7) is 9.79. The van der Waals surface area contributed by atoms with Gasteiger partial charge in [0, 0.05) is 45.1 Å². The third-order valence-corrected chi connectivity index (χ3v) is 4.37. The van der Waals surface area contributed by atoms with E-state index in [0.29, 0.717) is 13.2 Å². The molecule has 0 spiro atoms. The zero-order valence-electron chi connectivity index (χ0n) is 16.1. The predicted octanol–water partition coefficient (Wildman–Crippen LogP) is 2.16. The van der Waals surface area contributed by atoms with Gasteiger partial charge in [0.1, 0.15) is 5.75 Å². The largest absolute Gasteiger partial charge is 0.494 e. The minimum Gasteiger partial charge on any atom is -0.494 e. The van der Waals surface area contributed by atoms with Crippen LogP contribution in [-0.4, -0.2) is 60.2 Å². The summed E-state index contributed by atoms with van der Waals surface area (Å²) in [5.41, 5.74) is 1.15. The van der Waals surface area contributed by atoms with Gasteiger partial charge < -0.3 is 19.9 Å². The predicted molar refractivity (Wildman–Crippen MR) is 108 cm³/mol. The van der Waals surface area contributed by atoms with Gasteiger partial charge in [-0.1, -0.05) is 12.1 Å². The van der Waals surface area contributed by atoms with E-state index in [9.17, 15) is 0 Å². The molecule has 0 saturated carbocycles. The monoisotopic (exact) mass is 368 g/mol. The van der Waals surface area contributed by atoms with Gasteiger partial charge >= 0.3 is 0 Å². The summed E-state index contributed by atoms with van der Waals surface area (Å²) in [5.74, 6) is 2.64. The van der Waals surface area contributed by atoms with Crippen molar-refractivity contribution in [1.82, 2.24) is 20.2 Å². The molecule has 1 aromatic heterocycles. The molecule has 144 valence electrons. The SMILES string of the molecule is CCNC(=NCc1cccc(OCC)c1)N1CCN(c2ncccn2)CC1. The number of ether oxygens (including phenoxy) is 1. The Balaban J connectivity index is 1.62. The van der Waals surface area contributed by atoms with Crippen LogP contribution in [0.5, 0.6) is 5.75 Å². The van der Waals surface area contributed by atoms with Crippen molar-refractivity contribution in [1.29, 1.82) is 0 Å². The Morgan fingerprint density at radius 1 is 1.11 bits per heavy atom. The van der Waals surface area contributed by atoms with Crippen LogP contribution in [0.4, 0.5) is 5.95 Å². The number of benzene rings is 1. The molecule has 27 heavy (non-hydrogen) atoms. The number of guanidine groups is 1. The second kappa shape index (κ2) is 9.75. The van der Waals surface area contributed by atoms with Gasteiger partial charge in [0.05, 0.1) is 13.2 Å². The van der Waals surface area contributed by atoms with Crippen LogP contribution in [0.3, 0.4) is 0 Å². The van der Waals surface area contributed by atoms with E-state index in [-0.39, 0.29) is 0 Å². The van der Waals surface area contributed by atoms with E-state index in [2.05, 4.69) is 44.1 Å². The summed E-state index contributed by atoms with van der Waals surface area (Å²) < 4.78 is 5.58. The molecule has 0 radical (unpaired) electrons. The second-order valence-corrected chi connectivity index (χ2v) is 6.27. The van der Waals surface area contributed by atoms with E-state index >= 15 is 0 Å². The van der Waals surface area contributed by atoms with Crippen LogP contribution in [0.15, 0.2) is 47.7 Å². The van der Waals surface area contributed by atoms with Crippen molar-refractivity contribution >= 4 is 11.9 Å². The van der Waals surface area contributed by atoms with E-state index < -0.39 is 0 Å². The molecular weight excluding hydrogens is 340 g/mol. The Morgan fingerprint density at radius 2 is 1.89 bits per heavy atom. The summed E-state index contributed by atoms with van der Waals surface area (Å²) in [6, 6.07) is 9.98. The van der Waals surface area contributed by atoms with Gasteiger partial charge in [-0.05, 0) is 37.6 Å². The van der Waals surface area contributed by atoms with Gasteiger partial charge in [-0.3, -0.25) is 0 Å².